The fraction of sp³-hybridized carbons (Fsp3) is 0.923. The van der Waals surface area contributed by atoms with E-state index in [-0.39, 0.29) is 5.91 Å². The summed E-state index contributed by atoms with van der Waals surface area (Å²) in [7, 11) is 3.74. The van der Waals surface area contributed by atoms with Crippen molar-refractivity contribution in [3.05, 3.63) is 0 Å². The zero-order valence-electron chi connectivity index (χ0n) is 19.5. The predicted molar refractivity (Wildman–Crippen MR) is 117 cm³/mol. The van der Waals surface area contributed by atoms with Crippen molar-refractivity contribution in [1.82, 2.24) is 4.90 Å². The molecule has 1 unspecified atom stereocenters. The second-order valence-corrected chi connectivity index (χ2v) is 11.9. The average molecular weight is 402 g/mol. The smallest absolute Gasteiger partial charge is 0.222 e. The molecule has 1 amide bonds. The van der Waals surface area contributed by atoms with E-state index >= 15 is 0 Å². The number of carbonyl (C=O) groups excluding carboxylic acids is 2. The molecule has 0 N–H and O–H groups in total. The van der Waals surface area contributed by atoms with Crippen molar-refractivity contribution in [2.75, 3.05) is 14.1 Å². The molecule has 3 nitrogen and oxygen atoms in total. The first kappa shape index (κ1) is 21.4. The molecule has 0 radical (unpaired) electrons. The maximum absolute atomic E-state index is 12.1. The molecule has 4 fully saturated rings. The molecule has 8 atom stereocenters. The summed E-state index contributed by atoms with van der Waals surface area (Å²) < 4.78 is 0. The first-order valence-electron chi connectivity index (χ1n) is 12.4. The summed E-state index contributed by atoms with van der Waals surface area (Å²) in [5.41, 5.74) is 0.884. The van der Waals surface area contributed by atoms with Crippen molar-refractivity contribution in [2.24, 2.45) is 46.3 Å². The van der Waals surface area contributed by atoms with Crippen LogP contribution in [0, 0.1) is 46.3 Å². The molecule has 0 spiro atoms. The fourth-order valence-electron chi connectivity index (χ4n) is 8.80. The third-order valence-corrected chi connectivity index (χ3v) is 10.6. The van der Waals surface area contributed by atoms with Crippen molar-refractivity contribution in [3.63, 3.8) is 0 Å². The van der Waals surface area contributed by atoms with E-state index in [1.807, 2.05) is 14.1 Å². The second kappa shape index (κ2) is 7.68. The Hall–Kier alpha value is -0.860. The van der Waals surface area contributed by atoms with Gasteiger partial charge in [-0.15, -0.1) is 0 Å². The quantitative estimate of drug-likeness (QED) is 0.604. The van der Waals surface area contributed by atoms with Crippen LogP contribution in [-0.4, -0.2) is 30.7 Å². The fourth-order valence-corrected chi connectivity index (χ4v) is 8.80. The maximum atomic E-state index is 12.1. The highest BCUT2D eigenvalue weighted by Gasteiger charge is 2.60. The van der Waals surface area contributed by atoms with Gasteiger partial charge < -0.3 is 4.90 Å². The second-order valence-electron chi connectivity index (χ2n) is 11.9. The van der Waals surface area contributed by atoms with Crippen LogP contribution in [0.25, 0.3) is 0 Å². The van der Waals surface area contributed by atoms with Gasteiger partial charge in [0.15, 0.2) is 0 Å². The molecule has 0 saturated heterocycles. The van der Waals surface area contributed by atoms with Gasteiger partial charge in [-0.3, -0.25) is 9.59 Å². The van der Waals surface area contributed by atoms with Crippen LogP contribution in [0.3, 0.4) is 0 Å². The minimum Gasteiger partial charge on any atom is -0.349 e. The first-order valence-corrected chi connectivity index (χ1v) is 12.4. The van der Waals surface area contributed by atoms with Crippen molar-refractivity contribution < 1.29 is 9.59 Å². The van der Waals surface area contributed by atoms with E-state index in [9.17, 15) is 9.59 Å². The summed E-state index contributed by atoms with van der Waals surface area (Å²) in [4.78, 5) is 25.9. The third kappa shape index (κ3) is 3.49. The van der Waals surface area contributed by atoms with Gasteiger partial charge >= 0.3 is 0 Å². The number of fused-ring (bicyclic) bond motifs is 5. The van der Waals surface area contributed by atoms with Crippen molar-refractivity contribution in [2.45, 2.75) is 91.4 Å². The zero-order valence-corrected chi connectivity index (χ0v) is 19.5. The lowest BCUT2D eigenvalue weighted by Gasteiger charge is -2.60. The topological polar surface area (TPSA) is 37.4 Å². The minimum absolute atomic E-state index is 0.276. The molecule has 0 bridgehead atoms. The molecule has 4 aliphatic carbocycles. The van der Waals surface area contributed by atoms with E-state index in [0.29, 0.717) is 34.9 Å². The number of rotatable bonds is 4. The van der Waals surface area contributed by atoms with Gasteiger partial charge in [-0.1, -0.05) is 20.8 Å². The molecule has 0 aromatic rings. The normalized spacial score (nSPS) is 45.1. The van der Waals surface area contributed by atoms with E-state index in [2.05, 4.69) is 20.8 Å². The van der Waals surface area contributed by atoms with Crippen molar-refractivity contribution in [1.29, 1.82) is 0 Å². The Morgan fingerprint density at radius 3 is 2.48 bits per heavy atom. The molecule has 4 rings (SSSR count). The average Bonchev–Trinajstić information content (AvgIpc) is 3.03. The van der Waals surface area contributed by atoms with Crippen LogP contribution in [0.15, 0.2) is 0 Å². The van der Waals surface area contributed by atoms with Gasteiger partial charge in [-0.2, -0.15) is 0 Å². The van der Waals surface area contributed by atoms with Gasteiger partial charge in [0, 0.05) is 33.4 Å². The third-order valence-electron chi connectivity index (χ3n) is 10.6. The number of hydrogen-bond donors (Lipinski definition) is 0. The molecular formula is C26H43NO2. The molecule has 0 aliphatic heterocycles. The Bertz CT molecular complexity index is 657. The first-order chi connectivity index (χ1) is 13.7. The van der Waals surface area contributed by atoms with Gasteiger partial charge in [0.2, 0.25) is 5.91 Å². The molecule has 4 aliphatic rings. The molecule has 29 heavy (non-hydrogen) atoms. The molecule has 3 heteroatoms. The number of nitrogens with zero attached hydrogens (tertiary/aromatic N) is 1. The van der Waals surface area contributed by atoms with Crippen LogP contribution in [0.5, 0.6) is 0 Å². The molecule has 164 valence electrons. The van der Waals surface area contributed by atoms with Crippen LogP contribution in [0.4, 0.5) is 0 Å². The van der Waals surface area contributed by atoms with E-state index in [1.165, 1.54) is 38.5 Å². The SMILES string of the molecule is C[C@H](CCC(=O)N(C)C)[C@H]1CC[C@H]2[C@@H]3CCC4CC(=O)CC[C@]4(C)[C@H]3CC[C@]12C. The monoisotopic (exact) mass is 401 g/mol. The van der Waals surface area contributed by atoms with Crippen LogP contribution in [0.2, 0.25) is 0 Å². The van der Waals surface area contributed by atoms with E-state index in [4.69, 9.17) is 0 Å². The highest BCUT2D eigenvalue weighted by atomic mass is 16.2. The van der Waals surface area contributed by atoms with Crippen LogP contribution in [-0.2, 0) is 9.59 Å². The molecule has 0 heterocycles. The number of ketones is 1. The number of hydrogen-bond acceptors (Lipinski definition) is 2. The van der Waals surface area contributed by atoms with Crippen LogP contribution < -0.4 is 0 Å². The summed E-state index contributed by atoms with van der Waals surface area (Å²) >= 11 is 0. The summed E-state index contributed by atoms with van der Waals surface area (Å²) in [6, 6.07) is 0. The van der Waals surface area contributed by atoms with Gasteiger partial charge in [0.1, 0.15) is 5.78 Å². The lowest BCUT2D eigenvalue weighted by Crippen LogP contribution is -2.53. The van der Waals surface area contributed by atoms with Crippen LogP contribution >= 0.6 is 0 Å². The minimum atomic E-state index is 0.276. The van der Waals surface area contributed by atoms with E-state index < -0.39 is 0 Å². The Morgan fingerprint density at radius 2 is 1.76 bits per heavy atom. The number of Topliss-reactive ketones (excluding diaryl/α,β-unsaturated/α-hetero) is 1. The summed E-state index contributed by atoms with van der Waals surface area (Å²) in [6.07, 6.45) is 12.7. The Morgan fingerprint density at radius 1 is 1.03 bits per heavy atom. The largest absolute Gasteiger partial charge is 0.349 e. The standard InChI is InChI=1S/C26H43NO2/c1-17(6-11-24(29)27(4)5)21-9-10-22-20-8-7-18-16-19(28)12-14-25(18,2)23(20)13-15-26(21,22)3/h17-18,20-23H,6-16H2,1-5H3/t17-,18?,20+,21-,22+,23+,25+,26-/m1/s1. The maximum Gasteiger partial charge on any atom is 0.222 e. The molecule has 0 aromatic carbocycles. The molecule has 0 aromatic heterocycles. The Balaban J connectivity index is 1.47. The number of amides is 1. The van der Waals surface area contributed by atoms with Crippen LogP contribution in [0.1, 0.15) is 91.4 Å². The van der Waals surface area contributed by atoms with E-state index in [1.54, 1.807) is 4.90 Å². The Labute approximate surface area is 178 Å². The predicted octanol–water partition coefficient (Wildman–Crippen LogP) is 5.72. The van der Waals surface area contributed by atoms with Gasteiger partial charge in [-0.05, 0) is 97.7 Å². The van der Waals surface area contributed by atoms with Crippen molar-refractivity contribution >= 4 is 11.7 Å². The summed E-state index contributed by atoms with van der Waals surface area (Å²) in [5.74, 6) is 5.47. The molecular weight excluding hydrogens is 358 g/mol. The van der Waals surface area contributed by atoms with Gasteiger partial charge in [-0.25, -0.2) is 0 Å². The highest BCUT2D eigenvalue weighted by Crippen LogP contribution is 2.68. The zero-order chi connectivity index (χ0) is 21.0. The van der Waals surface area contributed by atoms with E-state index in [0.717, 1.165) is 49.4 Å². The van der Waals surface area contributed by atoms with Crippen molar-refractivity contribution in [3.8, 4) is 0 Å². The summed E-state index contributed by atoms with van der Waals surface area (Å²) in [5, 5.41) is 0. The van der Waals surface area contributed by atoms with Gasteiger partial charge in [0.05, 0.1) is 0 Å². The highest BCUT2D eigenvalue weighted by molar-refractivity contribution is 5.79. The lowest BCUT2D eigenvalue weighted by molar-refractivity contribution is -0.140. The summed E-state index contributed by atoms with van der Waals surface area (Å²) in [6.45, 7) is 7.57. The lowest BCUT2D eigenvalue weighted by atomic mass is 9.44. The number of carbonyl (C=O) groups is 2. The van der Waals surface area contributed by atoms with Gasteiger partial charge in [0.25, 0.3) is 0 Å². The molecule has 4 saturated carbocycles. The Kier molecular flexibility index (Phi) is 5.66.